The Bertz CT molecular complexity index is 1600. The number of quaternary nitrogens is 1. The predicted molar refractivity (Wildman–Crippen MR) is 329 cm³/mol. The van der Waals surface area contributed by atoms with E-state index in [1.54, 1.807) is 0 Å². The molecule has 78 heavy (non-hydrogen) atoms. The molecule has 0 saturated carbocycles. The number of nitrogens with zero attached hydrogens (tertiary/aromatic N) is 1. The summed E-state index contributed by atoms with van der Waals surface area (Å²) in [6.45, 7) is 4.64. The zero-order valence-corrected chi connectivity index (χ0v) is 51.0. The van der Waals surface area contributed by atoms with Gasteiger partial charge < -0.3 is 33.3 Å². The Balaban J connectivity index is 4.15. The van der Waals surface area contributed by atoms with Crippen LogP contribution in [0.5, 0.6) is 0 Å². The van der Waals surface area contributed by atoms with Crippen LogP contribution < -0.4 is 5.11 Å². The first kappa shape index (κ1) is 74.2. The van der Waals surface area contributed by atoms with Crippen LogP contribution in [0, 0.1) is 0 Å². The minimum absolute atomic E-state index is 0.144. The molecule has 0 amide bonds. The van der Waals surface area contributed by atoms with Crippen molar-refractivity contribution in [2.24, 2.45) is 0 Å². The third-order valence-corrected chi connectivity index (χ3v) is 13.6. The first-order chi connectivity index (χ1) is 38.1. The quantitative estimate of drug-likeness (QED) is 0.0195. The molecule has 9 heteroatoms. The molecule has 9 nitrogen and oxygen atoms in total. The number of likely N-dealkylation sites (N-methyl/N-ethyl adjacent to an activating group) is 1. The van der Waals surface area contributed by atoms with Gasteiger partial charge in [0.1, 0.15) is 13.2 Å². The lowest BCUT2D eigenvalue weighted by molar-refractivity contribution is -0.870. The molecule has 0 spiro atoms. The number of carbonyl (C=O) groups is 3. The highest BCUT2D eigenvalue weighted by Crippen LogP contribution is 2.16. The van der Waals surface area contributed by atoms with Crippen LogP contribution in [0.25, 0.3) is 0 Å². The second-order valence-electron chi connectivity index (χ2n) is 22.3. The zero-order chi connectivity index (χ0) is 56.9. The fourth-order valence-electron chi connectivity index (χ4n) is 8.69. The largest absolute Gasteiger partial charge is 0.545 e. The van der Waals surface area contributed by atoms with Gasteiger partial charge in [-0.3, -0.25) is 9.59 Å². The number of unbranched alkanes of at least 4 members (excludes halogenated alkanes) is 27. The first-order valence-corrected chi connectivity index (χ1v) is 31.9. The van der Waals surface area contributed by atoms with E-state index < -0.39 is 24.3 Å². The second-order valence-corrected chi connectivity index (χ2v) is 22.3. The molecular formula is C69H119NO8. The lowest BCUT2D eigenvalue weighted by atomic mass is 10.0. The molecule has 0 radical (unpaired) electrons. The maximum absolute atomic E-state index is 12.9. The van der Waals surface area contributed by atoms with Gasteiger partial charge in [0.15, 0.2) is 12.4 Å². The van der Waals surface area contributed by atoms with E-state index in [0.29, 0.717) is 17.4 Å². The Kier molecular flexibility index (Phi) is 56.5. The van der Waals surface area contributed by atoms with Crippen molar-refractivity contribution in [3.63, 3.8) is 0 Å². The van der Waals surface area contributed by atoms with E-state index in [2.05, 4.69) is 111 Å². The Morgan fingerprint density at radius 3 is 1.10 bits per heavy atom. The monoisotopic (exact) mass is 1090 g/mol. The van der Waals surface area contributed by atoms with Gasteiger partial charge in [0.2, 0.25) is 0 Å². The number of hydrogen-bond donors (Lipinski definition) is 0. The molecule has 0 aromatic rings. The van der Waals surface area contributed by atoms with Crippen LogP contribution in [0.2, 0.25) is 0 Å². The average Bonchev–Trinajstić information content (AvgIpc) is 3.41. The molecule has 0 aliphatic rings. The molecule has 0 aliphatic carbocycles. The van der Waals surface area contributed by atoms with Crippen molar-refractivity contribution in [3.05, 3.63) is 97.2 Å². The Morgan fingerprint density at radius 1 is 0.397 bits per heavy atom. The minimum Gasteiger partial charge on any atom is -0.545 e. The second kappa shape index (κ2) is 59.3. The molecule has 0 saturated heterocycles. The highest BCUT2D eigenvalue weighted by Gasteiger charge is 2.22. The van der Waals surface area contributed by atoms with Crippen LogP contribution in [0.1, 0.15) is 264 Å². The van der Waals surface area contributed by atoms with Crippen LogP contribution in [-0.2, 0) is 33.3 Å². The molecular weight excluding hydrogens is 971 g/mol. The zero-order valence-electron chi connectivity index (χ0n) is 51.0. The highest BCUT2D eigenvalue weighted by molar-refractivity contribution is 5.70. The third-order valence-electron chi connectivity index (χ3n) is 13.6. The van der Waals surface area contributed by atoms with Crippen molar-refractivity contribution >= 4 is 17.9 Å². The van der Waals surface area contributed by atoms with Gasteiger partial charge in [-0.15, -0.1) is 0 Å². The van der Waals surface area contributed by atoms with Crippen LogP contribution in [0.4, 0.5) is 0 Å². The number of esters is 2. The van der Waals surface area contributed by atoms with E-state index in [1.165, 1.54) is 135 Å². The number of carbonyl (C=O) groups excluding carboxylic acids is 3. The van der Waals surface area contributed by atoms with Gasteiger partial charge >= 0.3 is 11.9 Å². The number of carboxylic acid groups (broad SMARTS) is 1. The first-order valence-electron chi connectivity index (χ1n) is 31.9. The standard InChI is InChI=1S/C69H119NO8/c1-6-8-10-12-14-16-18-20-22-24-26-27-28-29-30-31-32-33-34-35-36-37-38-39-40-41-42-44-46-48-50-52-54-56-58-60-67(72)78-65(64-77-69(68(73)74)75-62-61-70(3,4)5)63-76-66(71)59-57-55-53-51-49-47-45-43-25-23-21-19-17-15-13-11-9-7-2/h8,10,14,16,20,22-23,25-27,29-30,32-33,35-36,65,69H,6-7,9,11-13,15,17-19,21,24,28,31,34,37-64H2,1-5H3/b10-8-,16-14-,22-20-,25-23-,27-26-,30-29-,33-32-,36-35-. The number of hydrogen-bond acceptors (Lipinski definition) is 8. The SMILES string of the molecule is CC/C=C\C/C=C\C/C=C\C/C=C\C/C=C\C/C=C\C/C=C\CCCCCCCCCCCCCCCC(=O)OC(COC(=O)CCCCCCCCC/C=C\CCCCCCCCC)COC(OCC[N+](C)(C)C)C(=O)[O-]. The molecule has 448 valence electrons. The van der Waals surface area contributed by atoms with Gasteiger partial charge in [-0.1, -0.05) is 252 Å². The number of allylic oxidation sites excluding steroid dienone is 16. The number of rotatable bonds is 58. The van der Waals surface area contributed by atoms with Gasteiger partial charge in [-0.25, -0.2) is 0 Å². The molecule has 2 unspecified atom stereocenters. The van der Waals surface area contributed by atoms with Crippen molar-refractivity contribution in [1.29, 1.82) is 0 Å². The third kappa shape index (κ3) is 59.9. The van der Waals surface area contributed by atoms with Crippen LogP contribution in [-0.4, -0.2) is 82.3 Å². The van der Waals surface area contributed by atoms with Gasteiger partial charge in [0.25, 0.3) is 0 Å². The summed E-state index contributed by atoms with van der Waals surface area (Å²) in [5.41, 5.74) is 0. The highest BCUT2D eigenvalue weighted by atomic mass is 16.7. The molecule has 0 aliphatic heterocycles. The van der Waals surface area contributed by atoms with Crippen LogP contribution >= 0.6 is 0 Å². The van der Waals surface area contributed by atoms with E-state index in [4.69, 9.17) is 18.9 Å². The maximum Gasteiger partial charge on any atom is 0.306 e. The molecule has 0 fully saturated rings. The fourth-order valence-corrected chi connectivity index (χ4v) is 8.69. The summed E-state index contributed by atoms with van der Waals surface area (Å²) in [6.07, 6.45) is 77.5. The van der Waals surface area contributed by atoms with Gasteiger partial charge in [0.05, 0.1) is 40.3 Å². The lowest BCUT2D eigenvalue weighted by Crippen LogP contribution is -2.44. The number of aliphatic carboxylic acids is 1. The average molecular weight is 1090 g/mol. The number of carboxylic acids is 1. The van der Waals surface area contributed by atoms with Crippen molar-refractivity contribution in [1.82, 2.24) is 0 Å². The summed E-state index contributed by atoms with van der Waals surface area (Å²) in [4.78, 5) is 37.4. The normalized spacial score (nSPS) is 13.4. The van der Waals surface area contributed by atoms with E-state index >= 15 is 0 Å². The number of ether oxygens (including phenoxy) is 4. The maximum atomic E-state index is 12.9. The minimum atomic E-state index is -1.63. The van der Waals surface area contributed by atoms with Crippen molar-refractivity contribution in [2.45, 2.75) is 277 Å². The Labute approximate surface area is 480 Å². The molecule has 0 rings (SSSR count). The molecule has 0 aromatic heterocycles. The molecule has 0 aromatic carbocycles. The summed E-state index contributed by atoms with van der Waals surface area (Å²) in [5.74, 6) is -2.29. The van der Waals surface area contributed by atoms with E-state index in [1.807, 2.05) is 21.1 Å². The van der Waals surface area contributed by atoms with Gasteiger partial charge in [0, 0.05) is 12.8 Å². The lowest BCUT2D eigenvalue weighted by Gasteiger charge is -2.26. The van der Waals surface area contributed by atoms with Crippen LogP contribution in [0.3, 0.4) is 0 Å². The van der Waals surface area contributed by atoms with Crippen molar-refractivity contribution in [2.75, 3.05) is 47.5 Å². The molecule has 0 N–H and O–H groups in total. The van der Waals surface area contributed by atoms with E-state index in [9.17, 15) is 19.5 Å². The van der Waals surface area contributed by atoms with Crippen molar-refractivity contribution in [3.8, 4) is 0 Å². The fraction of sp³-hybridized carbons (Fsp3) is 0.725. The van der Waals surface area contributed by atoms with Crippen LogP contribution in [0.15, 0.2) is 97.2 Å². The Morgan fingerprint density at radius 2 is 0.731 bits per heavy atom. The summed E-state index contributed by atoms with van der Waals surface area (Å²) in [6, 6.07) is 0. The van der Waals surface area contributed by atoms with E-state index in [0.717, 1.165) is 96.3 Å². The molecule has 0 heterocycles. The van der Waals surface area contributed by atoms with E-state index in [-0.39, 0.29) is 38.6 Å². The summed E-state index contributed by atoms with van der Waals surface area (Å²) in [7, 11) is 5.92. The van der Waals surface area contributed by atoms with Gasteiger partial charge in [-0.05, 0) is 96.3 Å². The summed E-state index contributed by atoms with van der Waals surface area (Å²) < 4.78 is 22.7. The topological polar surface area (TPSA) is 111 Å². The Hall–Kier alpha value is -3.79. The van der Waals surface area contributed by atoms with Gasteiger partial charge in [-0.2, -0.15) is 0 Å². The summed E-state index contributed by atoms with van der Waals surface area (Å²) in [5, 5.41) is 11.8. The molecule has 0 bridgehead atoms. The van der Waals surface area contributed by atoms with Crippen molar-refractivity contribution < 1.29 is 42.9 Å². The predicted octanol–water partition coefficient (Wildman–Crippen LogP) is 18.0. The summed E-state index contributed by atoms with van der Waals surface area (Å²) >= 11 is 0. The molecule has 2 atom stereocenters. The smallest absolute Gasteiger partial charge is 0.306 e.